The third-order valence-electron chi connectivity index (χ3n) is 3.47. The molecule has 3 rings (SSSR count). The zero-order valence-corrected chi connectivity index (χ0v) is 10.5. The van der Waals surface area contributed by atoms with Crippen LogP contribution in [0, 0.1) is 0 Å². The van der Waals surface area contributed by atoms with Gasteiger partial charge in [-0.15, -0.1) is 0 Å². The maximum absolute atomic E-state index is 11.9. The number of rotatable bonds is 2. The van der Waals surface area contributed by atoms with Gasteiger partial charge < -0.3 is 5.32 Å². The van der Waals surface area contributed by atoms with Crippen LogP contribution < -0.4 is 10.6 Å². The number of amides is 2. The molecule has 2 heterocycles. The van der Waals surface area contributed by atoms with Crippen LogP contribution in [0.3, 0.4) is 0 Å². The van der Waals surface area contributed by atoms with Crippen molar-refractivity contribution < 1.29 is 9.59 Å². The zero-order valence-electron chi connectivity index (χ0n) is 10.5. The molecule has 0 bridgehead atoms. The Kier molecular flexibility index (Phi) is 2.70. The lowest BCUT2D eigenvalue weighted by molar-refractivity contribution is -0.134. The SMILES string of the molecule is CNc1cccc2c(C3CCC(=O)NC3=O)[nH]nc12. The molecule has 1 aromatic carbocycles. The number of carbonyl (C=O) groups is 2. The Bertz CT molecular complexity index is 662. The Labute approximate surface area is 109 Å². The minimum atomic E-state index is -0.338. The van der Waals surface area contributed by atoms with Gasteiger partial charge in [0.2, 0.25) is 11.8 Å². The average Bonchev–Trinajstić information content (AvgIpc) is 2.82. The van der Waals surface area contributed by atoms with Crippen LogP contribution in [0.1, 0.15) is 24.5 Å². The number of fused-ring (bicyclic) bond motifs is 1. The Morgan fingerprint density at radius 2 is 2.21 bits per heavy atom. The predicted molar refractivity (Wildman–Crippen MR) is 70.8 cm³/mol. The van der Waals surface area contributed by atoms with Crippen molar-refractivity contribution in [1.29, 1.82) is 0 Å². The minimum Gasteiger partial charge on any atom is -0.386 e. The first-order valence-corrected chi connectivity index (χ1v) is 6.19. The maximum atomic E-state index is 11.9. The molecule has 2 amide bonds. The lowest BCUT2D eigenvalue weighted by atomic mass is 9.93. The molecule has 0 radical (unpaired) electrons. The fraction of sp³-hybridized carbons (Fsp3) is 0.308. The molecule has 1 aliphatic rings. The molecular weight excluding hydrogens is 244 g/mol. The highest BCUT2D eigenvalue weighted by atomic mass is 16.2. The molecule has 1 aromatic heterocycles. The largest absolute Gasteiger partial charge is 0.386 e. The van der Waals surface area contributed by atoms with E-state index >= 15 is 0 Å². The van der Waals surface area contributed by atoms with Crippen molar-refractivity contribution in [2.24, 2.45) is 0 Å². The Morgan fingerprint density at radius 1 is 1.37 bits per heavy atom. The van der Waals surface area contributed by atoms with Crippen LogP contribution in [0.15, 0.2) is 18.2 Å². The van der Waals surface area contributed by atoms with Crippen LogP contribution >= 0.6 is 0 Å². The van der Waals surface area contributed by atoms with Crippen molar-refractivity contribution in [1.82, 2.24) is 15.5 Å². The second-order valence-corrected chi connectivity index (χ2v) is 4.59. The first kappa shape index (κ1) is 11.7. The van der Waals surface area contributed by atoms with E-state index in [0.29, 0.717) is 12.8 Å². The number of H-pyrrole nitrogens is 1. The van der Waals surface area contributed by atoms with E-state index in [0.717, 1.165) is 22.3 Å². The first-order chi connectivity index (χ1) is 9.20. The number of carbonyl (C=O) groups excluding carboxylic acids is 2. The Morgan fingerprint density at radius 3 is 2.95 bits per heavy atom. The summed E-state index contributed by atoms with van der Waals surface area (Å²) in [5.41, 5.74) is 2.49. The number of imide groups is 1. The van der Waals surface area contributed by atoms with Crippen LogP contribution in [0.4, 0.5) is 5.69 Å². The van der Waals surface area contributed by atoms with Gasteiger partial charge in [-0.25, -0.2) is 0 Å². The summed E-state index contributed by atoms with van der Waals surface area (Å²) < 4.78 is 0. The number of piperidine rings is 1. The molecule has 0 spiro atoms. The number of anilines is 1. The van der Waals surface area contributed by atoms with Gasteiger partial charge in [-0.05, 0) is 12.5 Å². The molecule has 1 aliphatic heterocycles. The van der Waals surface area contributed by atoms with Gasteiger partial charge in [0.25, 0.3) is 0 Å². The molecule has 1 saturated heterocycles. The molecule has 0 saturated carbocycles. The first-order valence-electron chi connectivity index (χ1n) is 6.19. The number of para-hydroxylation sites is 1. The summed E-state index contributed by atoms with van der Waals surface area (Å²) in [6.07, 6.45) is 0.883. The van der Waals surface area contributed by atoms with Crippen molar-refractivity contribution in [3.8, 4) is 0 Å². The van der Waals surface area contributed by atoms with Crippen molar-refractivity contribution in [2.75, 3.05) is 12.4 Å². The van der Waals surface area contributed by atoms with Crippen LogP contribution in [-0.2, 0) is 9.59 Å². The molecule has 1 atom stereocenters. The highest BCUT2D eigenvalue weighted by molar-refractivity contribution is 6.03. The monoisotopic (exact) mass is 258 g/mol. The summed E-state index contributed by atoms with van der Waals surface area (Å²) in [6.45, 7) is 0. The molecular formula is C13H14N4O2. The van der Waals surface area contributed by atoms with Crippen molar-refractivity contribution >= 4 is 28.4 Å². The summed E-state index contributed by atoms with van der Waals surface area (Å²) in [7, 11) is 1.83. The third kappa shape index (κ3) is 1.85. The summed E-state index contributed by atoms with van der Waals surface area (Å²) in [6, 6.07) is 5.77. The lowest BCUT2D eigenvalue weighted by Gasteiger charge is -2.19. The molecule has 6 heteroatoms. The van der Waals surface area contributed by atoms with Gasteiger partial charge in [0.15, 0.2) is 0 Å². The minimum absolute atomic E-state index is 0.207. The van der Waals surface area contributed by atoms with E-state index in [2.05, 4.69) is 20.8 Å². The molecule has 98 valence electrons. The number of aromatic amines is 1. The molecule has 0 aliphatic carbocycles. The number of hydrogen-bond acceptors (Lipinski definition) is 4. The van der Waals surface area contributed by atoms with Gasteiger partial charge in [0, 0.05) is 18.9 Å². The van der Waals surface area contributed by atoms with E-state index in [1.54, 1.807) is 0 Å². The summed E-state index contributed by atoms with van der Waals surface area (Å²) in [4.78, 5) is 23.1. The molecule has 3 N–H and O–H groups in total. The van der Waals surface area contributed by atoms with Crippen LogP contribution in [-0.4, -0.2) is 29.1 Å². The van der Waals surface area contributed by atoms with Crippen molar-refractivity contribution in [3.63, 3.8) is 0 Å². The quantitative estimate of drug-likeness (QED) is 0.705. The molecule has 1 unspecified atom stereocenters. The van der Waals surface area contributed by atoms with Gasteiger partial charge in [0.1, 0.15) is 5.52 Å². The molecule has 6 nitrogen and oxygen atoms in total. The lowest BCUT2D eigenvalue weighted by Crippen LogP contribution is -2.39. The van der Waals surface area contributed by atoms with Gasteiger partial charge in [0.05, 0.1) is 17.3 Å². The molecule has 2 aromatic rings. The normalized spacial score (nSPS) is 19.5. The average molecular weight is 258 g/mol. The zero-order chi connectivity index (χ0) is 13.4. The summed E-state index contributed by atoms with van der Waals surface area (Å²) in [5.74, 6) is -0.799. The van der Waals surface area contributed by atoms with Crippen molar-refractivity contribution in [2.45, 2.75) is 18.8 Å². The maximum Gasteiger partial charge on any atom is 0.235 e. The molecule has 19 heavy (non-hydrogen) atoms. The molecule has 1 fully saturated rings. The van der Waals surface area contributed by atoms with Gasteiger partial charge in [-0.2, -0.15) is 5.10 Å². The van der Waals surface area contributed by atoms with Crippen LogP contribution in [0.2, 0.25) is 0 Å². The van der Waals surface area contributed by atoms with Gasteiger partial charge >= 0.3 is 0 Å². The van der Waals surface area contributed by atoms with E-state index in [4.69, 9.17) is 0 Å². The number of benzene rings is 1. The van der Waals surface area contributed by atoms with Crippen molar-refractivity contribution in [3.05, 3.63) is 23.9 Å². The number of aromatic nitrogens is 2. The fourth-order valence-electron chi connectivity index (χ4n) is 2.49. The predicted octanol–water partition coefficient (Wildman–Crippen LogP) is 1.12. The highest BCUT2D eigenvalue weighted by Crippen LogP contribution is 2.31. The standard InChI is InChI=1S/C13H14N4O2/c1-14-9-4-2-3-7-11(16-17-12(7)9)8-5-6-10(18)15-13(8)19/h2-4,8,14H,5-6H2,1H3,(H,16,17)(H,15,18,19). The van der Waals surface area contributed by atoms with E-state index in [-0.39, 0.29) is 17.7 Å². The van der Waals surface area contributed by atoms with Gasteiger partial charge in [-0.1, -0.05) is 12.1 Å². The van der Waals surface area contributed by atoms with Crippen LogP contribution in [0.25, 0.3) is 10.9 Å². The summed E-state index contributed by atoms with van der Waals surface area (Å²) >= 11 is 0. The Hall–Kier alpha value is -2.37. The van der Waals surface area contributed by atoms with Crippen LogP contribution in [0.5, 0.6) is 0 Å². The Balaban J connectivity index is 2.06. The second kappa shape index (κ2) is 4.38. The smallest absolute Gasteiger partial charge is 0.235 e. The van der Waals surface area contributed by atoms with E-state index in [9.17, 15) is 9.59 Å². The number of nitrogens with one attached hydrogen (secondary N) is 3. The second-order valence-electron chi connectivity index (χ2n) is 4.59. The topological polar surface area (TPSA) is 86.9 Å². The fourth-order valence-corrected chi connectivity index (χ4v) is 2.49. The third-order valence-corrected chi connectivity index (χ3v) is 3.47. The summed E-state index contributed by atoms with van der Waals surface area (Å²) in [5, 5.41) is 13.6. The highest BCUT2D eigenvalue weighted by Gasteiger charge is 2.30. The number of hydrogen-bond donors (Lipinski definition) is 3. The van der Waals surface area contributed by atoms with E-state index < -0.39 is 0 Å². The van der Waals surface area contributed by atoms with E-state index in [1.807, 2.05) is 25.2 Å². The van der Waals surface area contributed by atoms with Gasteiger partial charge in [-0.3, -0.25) is 20.0 Å². The van der Waals surface area contributed by atoms with E-state index in [1.165, 1.54) is 0 Å². The number of nitrogens with zero attached hydrogens (tertiary/aromatic N) is 1.